The molecule has 0 bridgehead atoms. The van der Waals surface area contributed by atoms with E-state index in [0.717, 1.165) is 0 Å². The first-order valence-corrected chi connectivity index (χ1v) is 5.03. The van der Waals surface area contributed by atoms with E-state index in [-0.39, 0.29) is 0 Å². The summed E-state index contributed by atoms with van der Waals surface area (Å²) in [4.78, 5) is 5.58. The number of H-pyrrole nitrogens is 1. The minimum absolute atomic E-state index is 1.25. The average Bonchev–Trinajstić information content (AvgIpc) is 2.62. The van der Waals surface area contributed by atoms with E-state index in [1.54, 1.807) is 11.8 Å². The van der Waals surface area contributed by atoms with E-state index in [4.69, 9.17) is 0 Å². The fraction of sp³-hybridized carbons (Fsp3) is 0.0909. The van der Waals surface area contributed by atoms with Crippen molar-refractivity contribution in [3.63, 3.8) is 0 Å². The zero-order chi connectivity index (χ0) is 9.10. The van der Waals surface area contributed by atoms with E-state index in [2.05, 4.69) is 42.2 Å². The van der Waals surface area contributed by atoms with Crippen molar-refractivity contribution < 1.29 is 0 Å². The Hall–Kier alpha value is -1.15. The second-order valence-electron chi connectivity index (χ2n) is 2.96. The summed E-state index contributed by atoms with van der Waals surface area (Å²) in [6, 6.07) is 10.6. The summed E-state index contributed by atoms with van der Waals surface area (Å²) in [6.07, 6.45) is 3.95. The predicted octanol–water partition coefficient (Wildman–Crippen LogP) is 3.47. The van der Waals surface area contributed by atoms with Crippen LogP contribution in [0, 0.1) is 6.92 Å². The van der Waals surface area contributed by atoms with Gasteiger partial charge in [0.2, 0.25) is 0 Å². The molecule has 1 N–H and O–H groups in total. The summed E-state index contributed by atoms with van der Waals surface area (Å²) in [6.45, 7) is 2.10. The Morgan fingerprint density at radius 2 is 1.77 bits per heavy atom. The largest absolute Gasteiger partial charge is 0.367 e. The highest BCUT2D eigenvalue weighted by molar-refractivity contribution is 7.99. The number of rotatable bonds is 2. The molecule has 1 heterocycles. The molecule has 66 valence electrons. The second kappa shape index (κ2) is 3.71. The van der Waals surface area contributed by atoms with Gasteiger partial charge >= 0.3 is 0 Å². The van der Waals surface area contributed by atoms with Crippen molar-refractivity contribution in [2.75, 3.05) is 0 Å². The van der Waals surface area contributed by atoms with Gasteiger partial charge in [0, 0.05) is 22.2 Å². The zero-order valence-corrected chi connectivity index (χ0v) is 8.27. The highest BCUT2D eigenvalue weighted by Crippen LogP contribution is 2.26. The number of aryl methyl sites for hydroxylation is 1. The molecule has 0 spiro atoms. The van der Waals surface area contributed by atoms with Crippen LogP contribution in [0.5, 0.6) is 0 Å². The van der Waals surface area contributed by atoms with Crippen LogP contribution >= 0.6 is 11.8 Å². The Bertz CT molecular complexity index is 361. The number of nitrogens with one attached hydrogen (secondary N) is 1. The van der Waals surface area contributed by atoms with Crippen LogP contribution in [0.4, 0.5) is 0 Å². The van der Waals surface area contributed by atoms with E-state index in [1.807, 2.05) is 12.4 Å². The third-order valence-corrected chi connectivity index (χ3v) is 2.82. The molecule has 0 saturated carbocycles. The van der Waals surface area contributed by atoms with Gasteiger partial charge in [-0.2, -0.15) is 0 Å². The van der Waals surface area contributed by atoms with Crippen LogP contribution in [0.15, 0.2) is 52.5 Å². The highest BCUT2D eigenvalue weighted by atomic mass is 32.2. The molecule has 0 radical (unpaired) electrons. The minimum atomic E-state index is 1.25. The summed E-state index contributed by atoms with van der Waals surface area (Å²) >= 11 is 1.77. The monoisotopic (exact) mass is 189 g/mol. The zero-order valence-electron chi connectivity index (χ0n) is 7.45. The van der Waals surface area contributed by atoms with E-state index in [1.165, 1.54) is 15.4 Å². The lowest BCUT2D eigenvalue weighted by Gasteiger charge is -1.98. The quantitative estimate of drug-likeness (QED) is 0.764. The summed E-state index contributed by atoms with van der Waals surface area (Å²) in [5.41, 5.74) is 1.30. The topological polar surface area (TPSA) is 15.8 Å². The molecule has 1 aromatic carbocycles. The van der Waals surface area contributed by atoms with Gasteiger partial charge in [-0.05, 0) is 25.1 Å². The molecule has 2 aromatic rings. The van der Waals surface area contributed by atoms with Crippen LogP contribution in [0.3, 0.4) is 0 Å². The van der Waals surface area contributed by atoms with Gasteiger partial charge in [-0.3, -0.25) is 0 Å². The van der Waals surface area contributed by atoms with Crippen LogP contribution in [0.2, 0.25) is 0 Å². The molecule has 0 aliphatic heterocycles. The number of aromatic nitrogens is 1. The maximum absolute atomic E-state index is 3.04. The van der Waals surface area contributed by atoms with E-state index < -0.39 is 0 Å². The highest BCUT2D eigenvalue weighted by Gasteiger charge is 1.95. The van der Waals surface area contributed by atoms with Gasteiger partial charge in [-0.25, -0.2) is 0 Å². The van der Waals surface area contributed by atoms with Crippen LogP contribution in [0.1, 0.15) is 5.56 Å². The Labute approximate surface area is 82.2 Å². The third-order valence-electron chi connectivity index (χ3n) is 1.83. The Morgan fingerprint density at radius 1 is 1.00 bits per heavy atom. The Morgan fingerprint density at radius 3 is 2.38 bits per heavy atom. The Balaban J connectivity index is 2.15. The van der Waals surface area contributed by atoms with E-state index in [0.29, 0.717) is 0 Å². The smallest absolute Gasteiger partial charge is 0.0296 e. The molecule has 0 atom stereocenters. The van der Waals surface area contributed by atoms with Gasteiger partial charge in [0.25, 0.3) is 0 Å². The fourth-order valence-electron chi connectivity index (χ4n) is 1.11. The second-order valence-corrected chi connectivity index (χ2v) is 4.11. The fourth-order valence-corrected chi connectivity index (χ4v) is 1.92. The molecule has 1 aromatic heterocycles. The first-order chi connectivity index (χ1) is 6.34. The van der Waals surface area contributed by atoms with Crippen molar-refractivity contribution in [3.05, 3.63) is 48.3 Å². The molecule has 2 rings (SSSR count). The summed E-state index contributed by atoms with van der Waals surface area (Å²) < 4.78 is 0. The van der Waals surface area contributed by atoms with Crippen LogP contribution in [-0.2, 0) is 0 Å². The summed E-state index contributed by atoms with van der Waals surface area (Å²) in [5.74, 6) is 0. The van der Waals surface area contributed by atoms with Gasteiger partial charge in [0.15, 0.2) is 0 Å². The number of hydrogen-bond acceptors (Lipinski definition) is 1. The molecule has 13 heavy (non-hydrogen) atoms. The van der Waals surface area contributed by atoms with Crippen LogP contribution in [-0.4, -0.2) is 4.98 Å². The lowest BCUT2D eigenvalue weighted by molar-refractivity contribution is 1.35. The average molecular weight is 189 g/mol. The molecule has 0 unspecified atom stereocenters. The molecule has 0 aliphatic carbocycles. The summed E-state index contributed by atoms with van der Waals surface area (Å²) in [5, 5.41) is 0. The molecule has 0 saturated heterocycles. The Kier molecular flexibility index (Phi) is 2.41. The van der Waals surface area contributed by atoms with Crippen molar-refractivity contribution in [2.45, 2.75) is 16.7 Å². The van der Waals surface area contributed by atoms with Crippen molar-refractivity contribution in [1.82, 2.24) is 4.98 Å². The lowest BCUT2D eigenvalue weighted by Crippen LogP contribution is -1.72. The maximum Gasteiger partial charge on any atom is 0.0296 e. The van der Waals surface area contributed by atoms with Gasteiger partial charge in [0.1, 0.15) is 0 Å². The minimum Gasteiger partial charge on any atom is -0.367 e. The van der Waals surface area contributed by atoms with E-state index >= 15 is 0 Å². The van der Waals surface area contributed by atoms with Gasteiger partial charge in [0.05, 0.1) is 0 Å². The molecule has 1 nitrogen and oxygen atoms in total. The van der Waals surface area contributed by atoms with Gasteiger partial charge in [-0.1, -0.05) is 29.5 Å². The normalized spacial score (nSPS) is 10.2. The number of hydrogen-bond donors (Lipinski definition) is 1. The van der Waals surface area contributed by atoms with E-state index in [9.17, 15) is 0 Å². The molecular formula is C11H11NS. The summed E-state index contributed by atoms with van der Waals surface area (Å²) in [7, 11) is 0. The van der Waals surface area contributed by atoms with Crippen molar-refractivity contribution in [1.29, 1.82) is 0 Å². The molecule has 0 fully saturated rings. The molecule has 0 aliphatic rings. The number of aromatic amines is 1. The molecular weight excluding hydrogens is 178 g/mol. The molecule has 0 amide bonds. The van der Waals surface area contributed by atoms with Crippen LogP contribution < -0.4 is 0 Å². The SMILES string of the molecule is Cc1ccc(Sc2cc[nH]c2)cc1. The van der Waals surface area contributed by atoms with Crippen molar-refractivity contribution >= 4 is 11.8 Å². The first kappa shape index (κ1) is 8.45. The third kappa shape index (κ3) is 2.16. The standard InChI is InChI=1S/C11H11NS/c1-9-2-4-10(5-3-9)13-11-6-7-12-8-11/h2-8,12H,1H3. The van der Waals surface area contributed by atoms with Crippen LogP contribution in [0.25, 0.3) is 0 Å². The van der Waals surface area contributed by atoms with Gasteiger partial charge in [-0.15, -0.1) is 0 Å². The van der Waals surface area contributed by atoms with Crippen molar-refractivity contribution in [3.8, 4) is 0 Å². The maximum atomic E-state index is 3.04. The predicted molar refractivity (Wildman–Crippen MR) is 56.1 cm³/mol. The van der Waals surface area contributed by atoms with Gasteiger partial charge < -0.3 is 4.98 Å². The van der Waals surface area contributed by atoms with Crippen molar-refractivity contribution in [2.24, 2.45) is 0 Å². The lowest BCUT2D eigenvalue weighted by atomic mass is 10.2. The first-order valence-electron chi connectivity index (χ1n) is 4.22. The molecule has 2 heteroatoms. The number of benzene rings is 1.